The number of pyridine rings is 1. The van der Waals surface area contributed by atoms with Crippen LogP contribution in [0.5, 0.6) is 0 Å². The minimum atomic E-state index is -0.295. The van der Waals surface area contributed by atoms with Crippen LogP contribution in [0.15, 0.2) is 18.3 Å². The predicted octanol–water partition coefficient (Wildman–Crippen LogP) is 2.54. The molecule has 0 saturated carbocycles. The van der Waals surface area contributed by atoms with Crippen molar-refractivity contribution in [2.24, 2.45) is 5.92 Å². The lowest BCUT2D eigenvalue weighted by Gasteiger charge is -2.19. The van der Waals surface area contributed by atoms with Gasteiger partial charge in [-0.2, -0.15) is 0 Å². The third-order valence-electron chi connectivity index (χ3n) is 2.68. The molecule has 0 spiro atoms. The maximum atomic E-state index is 12.8. The lowest BCUT2D eigenvalue weighted by Crippen LogP contribution is -2.28. The van der Waals surface area contributed by atoms with Crippen LogP contribution in [-0.2, 0) is 4.74 Å². The van der Waals surface area contributed by atoms with E-state index in [2.05, 4.69) is 24.1 Å². The second kappa shape index (κ2) is 7.35. The standard InChI is InChI=1S/C13H21FN2O/c1-4-12(15-7-10(2)9-17-3)13-6-5-11(14)8-16-13/h5-6,8,10,12,15H,4,7,9H2,1-3H3. The van der Waals surface area contributed by atoms with E-state index in [0.29, 0.717) is 5.92 Å². The average molecular weight is 240 g/mol. The molecule has 0 saturated heterocycles. The van der Waals surface area contributed by atoms with Gasteiger partial charge >= 0.3 is 0 Å². The number of rotatable bonds is 7. The Morgan fingerprint density at radius 1 is 1.47 bits per heavy atom. The lowest BCUT2D eigenvalue weighted by molar-refractivity contribution is 0.156. The lowest BCUT2D eigenvalue weighted by atomic mass is 10.1. The Morgan fingerprint density at radius 3 is 2.76 bits per heavy atom. The second-order valence-electron chi connectivity index (χ2n) is 4.33. The van der Waals surface area contributed by atoms with Gasteiger partial charge in [0, 0.05) is 26.3 Å². The maximum Gasteiger partial charge on any atom is 0.141 e. The van der Waals surface area contributed by atoms with Crippen LogP contribution in [0, 0.1) is 11.7 Å². The van der Waals surface area contributed by atoms with Crippen molar-refractivity contribution in [2.75, 3.05) is 20.3 Å². The van der Waals surface area contributed by atoms with E-state index in [1.54, 1.807) is 13.2 Å². The molecule has 1 aromatic heterocycles. The molecule has 1 N–H and O–H groups in total. The van der Waals surface area contributed by atoms with Crippen molar-refractivity contribution in [1.29, 1.82) is 0 Å². The molecular weight excluding hydrogens is 219 g/mol. The fourth-order valence-corrected chi connectivity index (χ4v) is 1.74. The molecule has 0 amide bonds. The van der Waals surface area contributed by atoms with Gasteiger partial charge in [-0.15, -0.1) is 0 Å². The minimum absolute atomic E-state index is 0.176. The van der Waals surface area contributed by atoms with Crippen molar-refractivity contribution in [1.82, 2.24) is 10.3 Å². The van der Waals surface area contributed by atoms with Gasteiger partial charge in [0.15, 0.2) is 0 Å². The normalized spacial score (nSPS) is 14.6. The fraction of sp³-hybridized carbons (Fsp3) is 0.615. The number of ether oxygens (including phenoxy) is 1. The zero-order valence-corrected chi connectivity index (χ0v) is 10.7. The number of hydrogen-bond acceptors (Lipinski definition) is 3. The molecule has 0 aliphatic heterocycles. The first-order valence-electron chi connectivity index (χ1n) is 6.01. The monoisotopic (exact) mass is 240 g/mol. The van der Waals surface area contributed by atoms with E-state index in [1.807, 2.05) is 0 Å². The van der Waals surface area contributed by atoms with E-state index in [4.69, 9.17) is 4.74 Å². The van der Waals surface area contributed by atoms with Crippen LogP contribution in [0.4, 0.5) is 4.39 Å². The molecule has 2 atom stereocenters. The van der Waals surface area contributed by atoms with Crippen LogP contribution in [0.1, 0.15) is 32.0 Å². The maximum absolute atomic E-state index is 12.8. The minimum Gasteiger partial charge on any atom is -0.384 e. The highest BCUT2D eigenvalue weighted by atomic mass is 19.1. The van der Waals surface area contributed by atoms with Gasteiger partial charge in [-0.1, -0.05) is 13.8 Å². The van der Waals surface area contributed by atoms with Gasteiger partial charge in [0.2, 0.25) is 0 Å². The summed E-state index contributed by atoms with van der Waals surface area (Å²) in [6.07, 6.45) is 2.19. The van der Waals surface area contributed by atoms with Crippen molar-refractivity contribution in [3.8, 4) is 0 Å². The molecule has 1 aromatic rings. The Bertz CT molecular complexity index is 316. The summed E-state index contributed by atoms with van der Waals surface area (Å²) in [5, 5.41) is 3.42. The Balaban J connectivity index is 2.51. The van der Waals surface area contributed by atoms with E-state index in [0.717, 1.165) is 25.3 Å². The number of methoxy groups -OCH3 is 1. The predicted molar refractivity (Wildman–Crippen MR) is 66.3 cm³/mol. The molecule has 4 heteroatoms. The Labute approximate surface area is 102 Å². The Morgan fingerprint density at radius 2 is 2.24 bits per heavy atom. The van der Waals surface area contributed by atoms with Crippen LogP contribution < -0.4 is 5.32 Å². The van der Waals surface area contributed by atoms with Gasteiger partial charge in [-0.3, -0.25) is 4.98 Å². The molecule has 0 bridgehead atoms. The summed E-state index contributed by atoms with van der Waals surface area (Å²) in [5.41, 5.74) is 0.888. The summed E-state index contributed by atoms with van der Waals surface area (Å²) < 4.78 is 17.9. The highest BCUT2D eigenvalue weighted by molar-refractivity contribution is 5.09. The highest BCUT2D eigenvalue weighted by Gasteiger charge is 2.11. The van der Waals surface area contributed by atoms with Gasteiger partial charge in [-0.25, -0.2) is 4.39 Å². The van der Waals surface area contributed by atoms with Gasteiger partial charge < -0.3 is 10.1 Å². The summed E-state index contributed by atoms with van der Waals surface area (Å²) in [6.45, 7) is 5.82. The molecular formula is C13H21FN2O. The number of halogens is 1. The van der Waals surface area contributed by atoms with Gasteiger partial charge in [0.1, 0.15) is 5.82 Å². The molecule has 1 heterocycles. The molecule has 2 unspecified atom stereocenters. The molecule has 17 heavy (non-hydrogen) atoms. The van der Waals surface area contributed by atoms with Crippen molar-refractivity contribution in [3.63, 3.8) is 0 Å². The van der Waals surface area contributed by atoms with Crippen molar-refractivity contribution in [2.45, 2.75) is 26.3 Å². The van der Waals surface area contributed by atoms with Crippen molar-refractivity contribution in [3.05, 3.63) is 29.8 Å². The molecule has 3 nitrogen and oxygen atoms in total. The number of hydrogen-bond donors (Lipinski definition) is 1. The summed E-state index contributed by atoms with van der Waals surface area (Å²) >= 11 is 0. The quantitative estimate of drug-likeness (QED) is 0.795. The molecule has 1 rings (SSSR count). The van der Waals surface area contributed by atoms with Crippen LogP contribution in [0.25, 0.3) is 0 Å². The van der Waals surface area contributed by atoms with Crippen LogP contribution >= 0.6 is 0 Å². The first-order valence-corrected chi connectivity index (χ1v) is 6.01. The number of aromatic nitrogens is 1. The second-order valence-corrected chi connectivity index (χ2v) is 4.33. The summed E-state index contributed by atoms with van der Waals surface area (Å²) in [4.78, 5) is 4.10. The first-order chi connectivity index (χ1) is 8.17. The molecule has 0 radical (unpaired) electrons. The van der Waals surface area contributed by atoms with Crippen LogP contribution in [0.3, 0.4) is 0 Å². The van der Waals surface area contributed by atoms with E-state index in [1.165, 1.54) is 12.3 Å². The zero-order chi connectivity index (χ0) is 12.7. The van der Waals surface area contributed by atoms with Gasteiger partial charge in [-0.05, 0) is 24.5 Å². The number of nitrogens with one attached hydrogen (secondary N) is 1. The highest BCUT2D eigenvalue weighted by Crippen LogP contribution is 2.14. The van der Waals surface area contributed by atoms with Gasteiger partial charge in [0.05, 0.1) is 11.9 Å². The van der Waals surface area contributed by atoms with E-state index in [-0.39, 0.29) is 11.9 Å². The molecule has 0 fully saturated rings. The molecule has 0 aromatic carbocycles. The van der Waals surface area contributed by atoms with E-state index in [9.17, 15) is 4.39 Å². The average Bonchev–Trinajstić information content (AvgIpc) is 2.32. The summed E-state index contributed by atoms with van der Waals surface area (Å²) in [6, 6.07) is 3.36. The first kappa shape index (κ1) is 14.1. The SMILES string of the molecule is CCC(NCC(C)COC)c1ccc(F)cn1. The van der Waals surface area contributed by atoms with E-state index < -0.39 is 0 Å². The topological polar surface area (TPSA) is 34.1 Å². The van der Waals surface area contributed by atoms with Crippen molar-refractivity contribution < 1.29 is 9.13 Å². The number of nitrogens with zero attached hydrogens (tertiary/aromatic N) is 1. The third kappa shape index (κ3) is 4.79. The van der Waals surface area contributed by atoms with Gasteiger partial charge in [0.25, 0.3) is 0 Å². The Kier molecular flexibility index (Phi) is 6.08. The molecule has 96 valence electrons. The van der Waals surface area contributed by atoms with Crippen LogP contribution in [0.2, 0.25) is 0 Å². The fourth-order valence-electron chi connectivity index (χ4n) is 1.74. The van der Waals surface area contributed by atoms with E-state index >= 15 is 0 Å². The molecule has 0 aliphatic rings. The summed E-state index contributed by atoms with van der Waals surface area (Å²) in [5.74, 6) is 0.158. The molecule has 0 aliphatic carbocycles. The smallest absolute Gasteiger partial charge is 0.141 e. The zero-order valence-electron chi connectivity index (χ0n) is 10.7. The van der Waals surface area contributed by atoms with Crippen LogP contribution in [-0.4, -0.2) is 25.2 Å². The Hall–Kier alpha value is -1.00. The third-order valence-corrected chi connectivity index (χ3v) is 2.68. The van der Waals surface area contributed by atoms with Crippen molar-refractivity contribution >= 4 is 0 Å². The summed E-state index contributed by atoms with van der Waals surface area (Å²) in [7, 11) is 1.70. The largest absolute Gasteiger partial charge is 0.384 e.